The lowest BCUT2D eigenvalue weighted by Gasteiger charge is -2.17. The Balaban J connectivity index is 2.59. The number of nitrogens with zero attached hydrogens (tertiary/aromatic N) is 1. The highest BCUT2D eigenvalue weighted by Crippen LogP contribution is 2.40. The first-order valence-corrected chi connectivity index (χ1v) is 4.94. The summed E-state index contributed by atoms with van der Waals surface area (Å²) in [6.07, 6.45) is 0.865. The zero-order valence-corrected chi connectivity index (χ0v) is 9.01. The van der Waals surface area contributed by atoms with Crippen LogP contribution < -0.4 is 4.90 Å². The minimum absolute atomic E-state index is 0.0286. The van der Waals surface area contributed by atoms with Gasteiger partial charge < -0.3 is 4.90 Å². The summed E-state index contributed by atoms with van der Waals surface area (Å²) in [5, 5.41) is 0.674. The van der Waals surface area contributed by atoms with Gasteiger partial charge in [0.1, 0.15) is 0 Å². The third-order valence-electron chi connectivity index (χ3n) is 2.69. The SMILES string of the molecule is CC1(C)CN(C=O)c2cc(Cl)ccc21. The second-order valence-electron chi connectivity index (χ2n) is 4.28. The van der Waals surface area contributed by atoms with Crippen LogP contribution in [-0.4, -0.2) is 13.0 Å². The molecule has 1 aromatic carbocycles. The molecular weight excluding hydrogens is 198 g/mol. The van der Waals surface area contributed by atoms with Crippen molar-refractivity contribution in [2.24, 2.45) is 0 Å². The Morgan fingerprint density at radius 1 is 1.50 bits per heavy atom. The summed E-state index contributed by atoms with van der Waals surface area (Å²) < 4.78 is 0. The van der Waals surface area contributed by atoms with Crippen LogP contribution in [0.2, 0.25) is 5.02 Å². The van der Waals surface area contributed by atoms with E-state index in [0.717, 1.165) is 18.6 Å². The van der Waals surface area contributed by atoms with Gasteiger partial charge in [-0.25, -0.2) is 0 Å². The summed E-state index contributed by atoms with van der Waals surface area (Å²) in [6.45, 7) is 4.98. The number of carbonyl (C=O) groups is 1. The molecule has 3 heteroatoms. The van der Waals surface area contributed by atoms with Gasteiger partial charge in [0, 0.05) is 22.7 Å². The molecule has 0 N–H and O–H groups in total. The average molecular weight is 210 g/mol. The van der Waals surface area contributed by atoms with Gasteiger partial charge in [0.25, 0.3) is 0 Å². The second kappa shape index (κ2) is 2.99. The van der Waals surface area contributed by atoms with Crippen molar-refractivity contribution in [3.63, 3.8) is 0 Å². The van der Waals surface area contributed by atoms with Crippen LogP contribution >= 0.6 is 11.6 Å². The zero-order valence-electron chi connectivity index (χ0n) is 8.25. The van der Waals surface area contributed by atoms with Gasteiger partial charge in [-0.1, -0.05) is 31.5 Å². The van der Waals surface area contributed by atoms with Crippen molar-refractivity contribution in [2.75, 3.05) is 11.4 Å². The molecule has 1 aromatic rings. The molecule has 0 atom stereocenters. The molecule has 2 rings (SSSR count). The Morgan fingerprint density at radius 2 is 2.21 bits per heavy atom. The van der Waals surface area contributed by atoms with E-state index in [1.807, 2.05) is 18.2 Å². The van der Waals surface area contributed by atoms with Gasteiger partial charge in [-0.05, 0) is 17.7 Å². The molecule has 0 fully saturated rings. The molecule has 74 valence electrons. The van der Waals surface area contributed by atoms with Crippen LogP contribution in [0.25, 0.3) is 0 Å². The maximum atomic E-state index is 10.9. The van der Waals surface area contributed by atoms with Gasteiger partial charge in [0.05, 0.1) is 0 Å². The number of hydrogen-bond acceptors (Lipinski definition) is 1. The fourth-order valence-electron chi connectivity index (χ4n) is 2.00. The third-order valence-corrected chi connectivity index (χ3v) is 2.93. The average Bonchev–Trinajstić information content (AvgIpc) is 2.37. The number of anilines is 1. The number of rotatable bonds is 1. The van der Waals surface area contributed by atoms with Crippen molar-refractivity contribution in [1.82, 2.24) is 0 Å². The minimum atomic E-state index is 0.0286. The van der Waals surface area contributed by atoms with Gasteiger partial charge in [0.15, 0.2) is 0 Å². The molecule has 0 aliphatic carbocycles. The van der Waals surface area contributed by atoms with Crippen molar-refractivity contribution in [3.05, 3.63) is 28.8 Å². The van der Waals surface area contributed by atoms with E-state index in [2.05, 4.69) is 13.8 Å². The van der Waals surface area contributed by atoms with Crippen molar-refractivity contribution in [1.29, 1.82) is 0 Å². The normalized spacial score (nSPS) is 18.1. The first-order valence-electron chi connectivity index (χ1n) is 4.56. The molecule has 2 nitrogen and oxygen atoms in total. The molecule has 1 aliphatic rings. The van der Waals surface area contributed by atoms with Gasteiger partial charge >= 0.3 is 0 Å². The molecular formula is C11H12ClNO. The minimum Gasteiger partial charge on any atom is -0.314 e. The molecule has 1 aliphatic heterocycles. The molecule has 1 heterocycles. The summed E-state index contributed by atoms with van der Waals surface area (Å²) >= 11 is 5.90. The third kappa shape index (κ3) is 1.30. The topological polar surface area (TPSA) is 20.3 Å². The monoisotopic (exact) mass is 209 g/mol. The number of amides is 1. The quantitative estimate of drug-likeness (QED) is 0.651. The number of halogens is 1. The molecule has 0 saturated heterocycles. The van der Waals surface area contributed by atoms with Gasteiger partial charge in [0.2, 0.25) is 6.41 Å². The molecule has 0 bridgehead atoms. The lowest BCUT2D eigenvalue weighted by molar-refractivity contribution is -0.107. The first-order chi connectivity index (χ1) is 6.54. The van der Waals surface area contributed by atoms with Crippen LogP contribution in [0.3, 0.4) is 0 Å². The maximum Gasteiger partial charge on any atom is 0.214 e. The van der Waals surface area contributed by atoms with Crippen molar-refractivity contribution in [2.45, 2.75) is 19.3 Å². The zero-order chi connectivity index (χ0) is 10.3. The van der Waals surface area contributed by atoms with E-state index in [1.165, 1.54) is 5.56 Å². The van der Waals surface area contributed by atoms with E-state index in [4.69, 9.17) is 11.6 Å². The van der Waals surface area contributed by atoms with Crippen molar-refractivity contribution in [3.8, 4) is 0 Å². The Bertz CT molecular complexity index is 387. The molecule has 14 heavy (non-hydrogen) atoms. The predicted octanol–water partition coefficient (Wildman–Crippen LogP) is 2.59. The van der Waals surface area contributed by atoms with Crippen LogP contribution in [0.5, 0.6) is 0 Å². The first kappa shape index (κ1) is 9.53. The number of carbonyl (C=O) groups excluding carboxylic acids is 1. The fourth-order valence-corrected chi connectivity index (χ4v) is 2.17. The number of fused-ring (bicyclic) bond motifs is 1. The fraction of sp³-hybridized carbons (Fsp3) is 0.364. The number of benzene rings is 1. The molecule has 1 amide bonds. The highest BCUT2D eigenvalue weighted by Gasteiger charge is 2.34. The summed E-state index contributed by atoms with van der Waals surface area (Å²) in [5.41, 5.74) is 2.16. The molecule has 0 unspecified atom stereocenters. The Kier molecular flexibility index (Phi) is 2.04. The van der Waals surface area contributed by atoms with E-state index >= 15 is 0 Å². The highest BCUT2D eigenvalue weighted by atomic mass is 35.5. The van der Waals surface area contributed by atoms with E-state index in [9.17, 15) is 4.79 Å². The summed E-state index contributed by atoms with van der Waals surface area (Å²) in [5.74, 6) is 0. The summed E-state index contributed by atoms with van der Waals surface area (Å²) in [4.78, 5) is 12.6. The maximum absolute atomic E-state index is 10.9. The van der Waals surface area contributed by atoms with E-state index in [1.54, 1.807) is 4.90 Å². The van der Waals surface area contributed by atoms with E-state index in [0.29, 0.717) is 5.02 Å². The van der Waals surface area contributed by atoms with E-state index in [-0.39, 0.29) is 5.41 Å². The molecule has 0 saturated carbocycles. The largest absolute Gasteiger partial charge is 0.314 e. The number of hydrogen-bond donors (Lipinski definition) is 0. The Morgan fingerprint density at radius 3 is 2.86 bits per heavy atom. The molecule has 0 radical (unpaired) electrons. The summed E-state index contributed by atoms with van der Waals surface area (Å²) in [7, 11) is 0. The lowest BCUT2D eigenvalue weighted by Crippen LogP contribution is -2.27. The second-order valence-corrected chi connectivity index (χ2v) is 4.72. The molecule has 0 spiro atoms. The van der Waals surface area contributed by atoms with Crippen LogP contribution in [0.15, 0.2) is 18.2 Å². The van der Waals surface area contributed by atoms with Crippen LogP contribution in [0, 0.1) is 0 Å². The lowest BCUT2D eigenvalue weighted by atomic mass is 9.87. The van der Waals surface area contributed by atoms with Crippen molar-refractivity contribution < 1.29 is 4.79 Å². The van der Waals surface area contributed by atoms with Crippen LogP contribution in [0.4, 0.5) is 5.69 Å². The van der Waals surface area contributed by atoms with Crippen LogP contribution in [-0.2, 0) is 10.2 Å². The van der Waals surface area contributed by atoms with Crippen LogP contribution in [0.1, 0.15) is 19.4 Å². The molecule has 0 aromatic heterocycles. The smallest absolute Gasteiger partial charge is 0.214 e. The van der Waals surface area contributed by atoms with E-state index < -0.39 is 0 Å². The van der Waals surface area contributed by atoms with Gasteiger partial charge in [-0.3, -0.25) is 4.79 Å². The predicted molar refractivity (Wildman–Crippen MR) is 57.9 cm³/mol. The van der Waals surface area contributed by atoms with Crippen molar-refractivity contribution >= 4 is 23.7 Å². The Labute approximate surface area is 88.5 Å². The summed E-state index contributed by atoms with van der Waals surface area (Å²) in [6, 6.07) is 5.72. The van der Waals surface area contributed by atoms with Gasteiger partial charge in [-0.2, -0.15) is 0 Å². The highest BCUT2D eigenvalue weighted by molar-refractivity contribution is 6.31. The van der Waals surface area contributed by atoms with Gasteiger partial charge in [-0.15, -0.1) is 0 Å². The standard InChI is InChI=1S/C11H12ClNO/c1-11(2)6-13(7-14)10-5-8(12)3-4-9(10)11/h3-5,7H,6H2,1-2H3. The Hall–Kier alpha value is -1.02.